The monoisotopic (exact) mass is 408 g/mol. The van der Waals surface area contributed by atoms with Gasteiger partial charge in [-0.05, 0) is 36.9 Å². The highest BCUT2D eigenvalue weighted by molar-refractivity contribution is 7.90. The van der Waals surface area contributed by atoms with Gasteiger partial charge >= 0.3 is 0 Å². The average molecular weight is 409 g/mol. The molecule has 3 heterocycles. The predicted molar refractivity (Wildman–Crippen MR) is 108 cm³/mol. The summed E-state index contributed by atoms with van der Waals surface area (Å²) in [5, 5.41) is 3.36. The van der Waals surface area contributed by atoms with Crippen LogP contribution in [0.2, 0.25) is 0 Å². The zero-order valence-corrected chi connectivity index (χ0v) is 17.0. The third-order valence-electron chi connectivity index (χ3n) is 5.27. The number of piperidine rings is 1. The number of sulfone groups is 1. The molecule has 0 bridgehead atoms. The molecule has 2 aromatic rings. The van der Waals surface area contributed by atoms with Gasteiger partial charge in [-0.25, -0.2) is 18.4 Å². The summed E-state index contributed by atoms with van der Waals surface area (Å²) >= 11 is 0. The van der Waals surface area contributed by atoms with Crippen molar-refractivity contribution in [1.29, 1.82) is 0 Å². The lowest BCUT2D eigenvalue weighted by Gasteiger charge is -2.30. The van der Waals surface area contributed by atoms with Crippen molar-refractivity contribution in [3.8, 4) is 0 Å². The molecule has 1 aromatic heterocycles. The van der Waals surface area contributed by atoms with Crippen molar-refractivity contribution in [2.24, 2.45) is 0 Å². The van der Waals surface area contributed by atoms with Gasteiger partial charge in [0.2, 0.25) is 5.95 Å². The molecule has 27 heavy (non-hydrogen) atoms. The highest BCUT2D eigenvalue weighted by Crippen LogP contribution is 2.30. The molecule has 1 fully saturated rings. The van der Waals surface area contributed by atoms with E-state index in [9.17, 15) is 8.42 Å². The Balaban J connectivity index is 0.00000210. The summed E-state index contributed by atoms with van der Waals surface area (Å²) in [7, 11) is -3.35. The van der Waals surface area contributed by atoms with E-state index in [4.69, 9.17) is 4.98 Å². The number of aromatic nitrogens is 2. The Labute approximate surface area is 166 Å². The van der Waals surface area contributed by atoms with Gasteiger partial charge in [-0.2, -0.15) is 0 Å². The zero-order chi connectivity index (χ0) is 18.1. The minimum absolute atomic E-state index is 0. The van der Waals surface area contributed by atoms with E-state index < -0.39 is 9.84 Å². The summed E-state index contributed by atoms with van der Waals surface area (Å²) in [6, 6.07) is 8.42. The fourth-order valence-corrected chi connectivity index (χ4v) is 4.69. The van der Waals surface area contributed by atoms with Crippen molar-refractivity contribution in [2.75, 3.05) is 30.8 Å². The number of hydrogen-bond acceptors (Lipinski definition) is 6. The van der Waals surface area contributed by atoms with Crippen LogP contribution in [-0.4, -0.2) is 44.3 Å². The van der Waals surface area contributed by atoms with Gasteiger partial charge < -0.3 is 10.2 Å². The number of anilines is 1. The fraction of sp³-hybridized carbons (Fsp3) is 0.474. The molecule has 2 aliphatic heterocycles. The van der Waals surface area contributed by atoms with Gasteiger partial charge in [0.05, 0.1) is 11.9 Å². The number of benzene rings is 1. The first-order chi connectivity index (χ1) is 12.5. The molecule has 6 nitrogen and oxygen atoms in total. The molecular weight excluding hydrogens is 384 g/mol. The van der Waals surface area contributed by atoms with Crippen LogP contribution in [0.15, 0.2) is 35.4 Å². The van der Waals surface area contributed by atoms with Crippen LogP contribution >= 0.6 is 12.4 Å². The van der Waals surface area contributed by atoms with E-state index in [2.05, 4.69) is 39.5 Å². The van der Waals surface area contributed by atoms with E-state index in [-0.39, 0.29) is 23.2 Å². The van der Waals surface area contributed by atoms with E-state index in [1.807, 2.05) is 0 Å². The van der Waals surface area contributed by atoms with Crippen LogP contribution in [0.3, 0.4) is 0 Å². The smallest absolute Gasteiger partial charge is 0.225 e. The van der Waals surface area contributed by atoms with Gasteiger partial charge in [0, 0.05) is 31.8 Å². The van der Waals surface area contributed by atoms with Gasteiger partial charge in [0.1, 0.15) is 4.90 Å². The first-order valence-electron chi connectivity index (χ1n) is 9.12. The summed E-state index contributed by atoms with van der Waals surface area (Å²) < 4.78 is 24.5. The number of fused-ring (bicyclic) bond motifs is 1. The van der Waals surface area contributed by atoms with Crippen LogP contribution in [0.4, 0.5) is 5.95 Å². The summed E-state index contributed by atoms with van der Waals surface area (Å²) in [6.45, 7) is 3.35. The lowest BCUT2D eigenvalue weighted by atomic mass is 9.96. The number of nitrogens with zero attached hydrogens (tertiary/aromatic N) is 3. The molecule has 4 rings (SSSR count). The Morgan fingerprint density at radius 3 is 2.70 bits per heavy atom. The molecule has 0 amide bonds. The second-order valence-electron chi connectivity index (χ2n) is 7.18. The topological polar surface area (TPSA) is 75.2 Å². The molecule has 0 saturated carbocycles. The quantitative estimate of drug-likeness (QED) is 0.840. The minimum Gasteiger partial charge on any atom is -0.336 e. The molecule has 8 heteroatoms. The standard InChI is InChI=1S/C19H24N4O2S.ClH/c1-26(24,25)17-12-21-19(22-18(17)15-7-4-9-20-11-15)23-10-8-14-5-2-3-6-16(14)13-23;/h2-3,5-6,12,15,20H,4,7-11,13H2,1H3;1H. The SMILES string of the molecule is CS(=O)(=O)c1cnc(N2CCc3ccccc3C2)nc1C1CCCNC1.Cl. The first-order valence-corrected chi connectivity index (χ1v) is 11.0. The fourth-order valence-electron chi connectivity index (χ4n) is 3.86. The summed E-state index contributed by atoms with van der Waals surface area (Å²) in [5.74, 6) is 0.750. The lowest BCUT2D eigenvalue weighted by Crippen LogP contribution is -2.33. The predicted octanol–water partition coefficient (Wildman–Crippen LogP) is 2.33. The van der Waals surface area contributed by atoms with E-state index in [0.29, 0.717) is 11.6 Å². The van der Waals surface area contributed by atoms with Gasteiger partial charge in [0.25, 0.3) is 0 Å². The second-order valence-corrected chi connectivity index (χ2v) is 9.16. The maximum atomic E-state index is 12.2. The van der Waals surface area contributed by atoms with Gasteiger partial charge in [-0.15, -0.1) is 12.4 Å². The average Bonchev–Trinajstić information content (AvgIpc) is 2.67. The summed E-state index contributed by atoms with van der Waals surface area (Å²) in [5.41, 5.74) is 3.33. The molecular formula is C19H25ClN4O2S. The third kappa shape index (κ3) is 4.25. The minimum atomic E-state index is -3.35. The van der Waals surface area contributed by atoms with Crippen molar-refractivity contribution in [1.82, 2.24) is 15.3 Å². The van der Waals surface area contributed by atoms with Crippen molar-refractivity contribution in [3.63, 3.8) is 0 Å². The second kappa shape index (κ2) is 8.12. The number of rotatable bonds is 3. The Morgan fingerprint density at radius 1 is 1.22 bits per heavy atom. The van der Waals surface area contributed by atoms with Crippen LogP contribution in [-0.2, 0) is 22.8 Å². The highest BCUT2D eigenvalue weighted by atomic mass is 35.5. The van der Waals surface area contributed by atoms with Gasteiger partial charge in [-0.1, -0.05) is 24.3 Å². The van der Waals surface area contributed by atoms with Crippen LogP contribution in [0.1, 0.15) is 35.6 Å². The van der Waals surface area contributed by atoms with Crippen molar-refractivity contribution in [3.05, 3.63) is 47.3 Å². The molecule has 1 unspecified atom stereocenters. The van der Waals surface area contributed by atoms with Crippen molar-refractivity contribution in [2.45, 2.75) is 36.6 Å². The Kier molecular flexibility index (Phi) is 6.03. The molecule has 1 saturated heterocycles. The molecule has 0 aliphatic carbocycles. The molecule has 0 radical (unpaired) electrons. The van der Waals surface area contributed by atoms with Crippen LogP contribution < -0.4 is 10.2 Å². The van der Waals surface area contributed by atoms with Gasteiger partial charge in [0.15, 0.2) is 9.84 Å². The van der Waals surface area contributed by atoms with E-state index in [0.717, 1.165) is 45.4 Å². The molecule has 146 valence electrons. The maximum Gasteiger partial charge on any atom is 0.225 e. The highest BCUT2D eigenvalue weighted by Gasteiger charge is 2.27. The Bertz CT molecular complexity index is 914. The lowest BCUT2D eigenvalue weighted by molar-refractivity contribution is 0.447. The Morgan fingerprint density at radius 2 is 2.00 bits per heavy atom. The van der Waals surface area contributed by atoms with Crippen LogP contribution in [0.25, 0.3) is 0 Å². The number of hydrogen-bond donors (Lipinski definition) is 1. The van der Waals surface area contributed by atoms with E-state index in [1.54, 1.807) is 0 Å². The summed E-state index contributed by atoms with van der Waals surface area (Å²) in [6.07, 6.45) is 5.68. The van der Waals surface area contributed by atoms with E-state index in [1.165, 1.54) is 23.6 Å². The largest absolute Gasteiger partial charge is 0.336 e. The normalized spacial score (nSPS) is 19.9. The third-order valence-corrected chi connectivity index (χ3v) is 6.38. The molecule has 1 N–H and O–H groups in total. The van der Waals surface area contributed by atoms with E-state index >= 15 is 0 Å². The number of nitrogens with one attached hydrogen (secondary N) is 1. The molecule has 1 aromatic carbocycles. The molecule has 2 aliphatic rings. The molecule has 0 spiro atoms. The maximum absolute atomic E-state index is 12.2. The van der Waals surface area contributed by atoms with Crippen molar-refractivity contribution < 1.29 is 8.42 Å². The van der Waals surface area contributed by atoms with Crippen LogP contribution in [0, 0.1) is 0 Å². The zero-order valence-electron chi connectivity index (χ0n) is 15.4. The summed E-state index contributed by atoms with van der Waals surface area (Å²) in [4.78, 5) is 11.6. The van der Waals surface area contributed by atoms with Crippen molar-refractivity contribution >= 4 is 28.2 Å². The number of halogens is 1. The first kappa shape index (κ1) is 20.0. The Hall–Kier alpha value is -1.70. The van der Waals surface area contributed by atoms with Gasteiger partial charge in [-0.3, -0.25) is 0 Å². The van der Waals surface area contributed by atoms with Crippen LogP contribution in [0.5, 0.6) is 0 Å². The molecule has 1 atom stereocenters.